The second-order valence-corrected chi connectivity index (χ2v) is 14.8. The van der Waals surface area contributed by atoms with Crippen LogP contribution in [0.3, 0.4) is 0 Å². The molecule has 0 unspecified atom stereocenters. The number of aromatic amines is 2. The number of aryl methyl sites for hydroxylation is 2. The number of imidazole rings is 2. The van der Waals surface area contributed by atoms with Crippen molar-refractivity contribution in [3.63, 3.8) is 0 Å². The number of allylic oxidation sites excluding steroid dienone is 13. The fourth-order valence-corrected chi connectivity index (χ4v) is 7.70. The van der Waals surface area contributed by atoms with Crippen molar-refractivity contribution < 1.29 is 2.85 Å². The van der Waals surface area contributed by atoms with Crippen LogP contribution in [0.2, 0.25) is 0 Å². The highest BCUT2D eigenvalue weighted by Crippen LogP contribution is 2.37. The van der Waals surface area contributed by atoms with Crippen LogP contribution in [-0.2, 0) is 13.1 Å². The van der Waals surface area contributed by atoms with Crippen molar-refractivity contribution in [1.29, 1.82) is 0 Å². The van der Waals surface area contributed by atoms with Crippen LogP contribution >= 0.6 is 0 Å². The standard InChI is InChI=1S/C49H52N8.C4H8.2H2/c1-9-17-33(6)35(8)44-34(7)20-21-36(18-10-2)45(43-19-15-14-16-30-55(43)11-3)38-23-25-40(53-38)47(49-51-29-32-57(49)13-5)42-27-26-41(54-42)46(39-24-22-37(44)52-39)48-50-28-31-56(48)12-4;1-3-4-2;;/h10,15-16,20-32,52-53H,2,6-9,11-14,17-18H2,1,3-5H3;3-4H,1-2H3;2*1H/b21-20-,44-37+,45-36-,46-39+,47-42+;4-3-;;. The Bertz CT molecular complexity index is 2750. The minimum Gasteiger partial charge on any atom is -0.354 e. The van der Waals surface area contributed by atoms with Gasteiger partial charge in [0.2, 0.25) is 0 Å². The molecule has 0 radical (unpaired) electrons. The van der Waals surface area contributed by atoms with E-state index in [1.54, 1.807) is 0 Å². The first-order valence-electron chi connectivity index (χ1n) is 21.5. The average Bonchev–Trinajstić information content (AvgIpc) is 4.14. The van der Waals surface area contributed by atoms with Gasteiger partial charge in [-0.05, 0) is 119 Å². The summed E-state index contributed by atoms with van der Waals surface area (Å²) in [6.07, 6.45) is 31.7. The van der Waals surface area contributed by atoms with E-state index in [1.807, 2.05) is 56.9 Å². The van der Waals surface area contributed by atoms with Crippen molar-refractivity contribution in [1.82, 2.24) is 34.0 Å². The van der Waals surface area contributed by atoms with E-state index in [0.717, 1.165) is 134 Å². The molecular weight excluding hydrogens is 749 g/mol. The first-order chi connectivity index (χ1) is 29.7. The molecule has 8 heteroatoms. The zero-order valence-electron chi connectivity index (χ0n) is 36.9. The number of likely N-dealkylation sites (N-methyl/N-ethyl adjacent to an activating group) is 1. The zero-order chi connectivity index (χ0) is 43.5. The lowest BCUT2D eigenvalue weighted by Gasteiger charge is -2.24. The Balaban J connectivity index is 0.00000139. The van der Waals surface area contributed by atoms with Crippen molar-refractivity contribution in [2.24, 2.45) is 4.99 Å². The quantitative estimate of drug-likeness (QED) is 0.0849. The van der Waals surface area contributed by atoms with Crippen LogP contribution < -0.4 is 10.7 Å². The molecule has 7 heterocycles. The molecule has 0 saturated heterocycles. The Morgan fingerprint density at radius 2 is 1.49 bits per heavy atom. The Hall–Kier alpha value is -6.89. The lowest BCUT2D eigenvalue weighted by atomic mass is 9.91. The average molecular weight is 813 g/mol. The highest BCUT2D eigenvalue weighted by atomic mass is 15.1. The number of H-pyrrole nitrogens is 2. The minimum atomic E-state index is 0. The molecule has 4 aromatic heterocycles. The number of rotatable bonds is 12. The molecule has 0 atom stereocenters. The van der Waals surface area contributed by atoms with E-state index >= 15 is 0 Å². The molecule has 3 aliphatic heterocycles. The summed E-state index contributed by atoms with van der Waals surface area (Å²) >= 11 is 0. The normalized spacial score (nSPS) is 20.0. The van der Waals surface area contributed by atoms with Gasteiger partial charge in [0.25, 0.3) is 0 Å². The largest absolute Gasteiger partial charge is 0.354 e. The van der Waals surface area contributed by atoms with Crippen molar-refractivity contribution in [3.8, 4) is 0 Å². The molecule has 61 heavy (non-hydrogen) atoms. The van der Waals surface area contributed by atoms with Gasteiger partial charge in [-0.3, -0.25) is 0 Å². The SMILES string of the molecule is C/C=C\C.C=CCC1=C(/C2=C=CCC=CN2CC)c2ccc([nH]2)/C(c2nccn2CC)=C2/C=CC(=N2)/C(c2nccn2CC)=c2/cc/c([nH]2)=C(\C(=C)C(=C)CCC)C(=C)/C=C\1.[HH].[HH]. The van der Waals surface area contributed by atoms with Gasteiger partial charge in [-0.1, -0.05) is 75.3 Å². The molecule has 6 bridgehead atoms. The third-order valence-corrected chi connectivity index (χ3v) is 10.9. The molecule has 0 aliphatic carbocycles. The van der Waals surface area contributed by atoms with Crippen LogP contribution in [0.4, 0.5) is 0 Å². The number of hydrogen-bond acceptors (Lipinski definition) is 4. The molecular formula is C53H64N8. The highest BCUT2D eigenvalue weighted by Gasteiger charge is 2.26. The van der Waals surface area contributed by atoms with Crippen molar-refractivity contribution in [2.75, 3.05) is 6.54 Å². The molecule has 3 aliphatic rings. The van der Waals surface area contributed by atoms with Crippen molar-refractivity contribution in [3.05, 3.63) is 209 Å². The zero-order valence-corrected chi connectivity index (χ0v) is 36.9. The summed E-state index contributed by atoms with van der Waals surface area (Å²) in [5.41, 5.74) is 15.5. The van der Waals surface area contributed by atoms with Gasteiger partial charge in [0.15, 0.2) is 0 Å². The van der Waals surface area contributed by atoms with Crippen molar-refractivity contribution in [2.45, 2.75) is 80.3 Å². The van der Waals surface area contributed by atoms with Crippen LogP contribution in [0.1, 0.15) is 93.1 Å². The number of fused-ring (bicyclic) bond motifs is 5. The lowest BCUT2D eigenvalue weighted by Crippen LogP contribution is -2.21. The first-order valence-corrected chi connectivity index (χ1v) is 21.5. The van der Waals surface area contributed by atoms with Gasteiger partial charge in [0, 0.05) is 75.7 Å². The molecule has 316 valence electrons. The third kappa shape index (κ3) is 9.30. The number of aromatic nitrogens is 6. The van der Waals surface area contributed by atoms with Gasteiger partial charge in [0.1, 0.15) is 11.6 Å². The van der Waals surface area contributed by atoms with Gasteiger partial charge in [-0.2, -0.15) is 0 Å². The molecule has 0 amide bonds. The van der Waals surface area contributed by atoms with Gasteiger partial charge < -0.3 is 24.0 Å². The van der Waals surface area contributed by atoms with E-state index in [0.29, 0.717) is 6.42 Å². The third-order valence-electron chi connectivity index (χ3n) is 10.9. The summed E-state index contributed by atoms with van der Waals surface area (Å²) in [5.74, 6) is 1.65. The number of nitrogens with zero attached hydrogens (tertiary/aromatic N) is 6. The van der Waals surface area contributed by atoms with Crippen molar-refractivity contribution >= 4 is 28.0 Å². The monoisotopic (exact) mass is 813 g/mol. The Morgan fingerprint density at radius 3 is 2.13 bits per heavy atom. The van der Waals surface area contributed by atoms with E-state index in [4.69, 9.17) is 15.0 Å². The summed E-state index contributed by atoms with van der Waals surface area (Å²) in [6.45, 7) is 32.8. The molecule has 0 aromatic carbocycles. The first kappa shape index (κ1) is 43.7. The number of nitrogens with one attached hydrogen (secondary N) is 2. The van der Waals surface area contributed by atoms with E-state index in [9.17, 15) is 0 Å². The summed E-state index contributed by atoms with van der Waals surface area (Å²) in [4.78, 5) is 25.1. The van der Waals surface area contributed by atoms with Crippen LogP contribution in [0.25, 0.3) is 22.3 Å². The topological polar surface area (TPSA) is 82.8 Å². The second kappa shape index (κ2) is 20.4. The Morgan fingerprint density at radius 1 is 0.820 bits per heavy atom. The molecule has 4 aromatic rings. The maximum atomic E-state index is 5.41. The van der Waals surface area contributed by atoms with Gasteiger partial charge >= 0.3 is 0 Å². The van der Waals surface area contributed by atoms with Crippen LogP contribution in [0.5, 0.6) is 0 Å². The summed E-state index contributed by atoms with van der Waals surface area (Å²) in [5, 5.41) is 1.78. The molecule has 0 fully saturated rings. The maximum absolute atomic E-state index is 5.41. The Kier molecular flexibility index (Phi) is 14.6. The maximum Gasteiger partial charge on any atom is 0.144 e. The number of aliphatic imine (C=N–C) groups is 1. The smallest absolute Gasteiger partial charge is 0.144 e. The molecule has 8 nitrogen and oxygen atoms in total. The summed E-state index contributed by atoms with van der Waals surface area (Å²) in [7, 11) is 0. The molecule has 7 rings (SSSR count). The summed E-state index contributed by atoms with van der Waals surface area (Å²) in [6, 6.07) is 8.50. The fraction of sp³-hybridized carbons (Fsp3) is 0.245. The van der Waals surface area contributed by atoms with Crippen LogP contribution in [0, 0.1) is 0 Å². The molecule has 2 N–H and O–H groups in total. The molecule has 0 spiro atoms. The van der Waals surface area contributed by atoms with Gasteiger partial charge in [-0.25, -0.2) is 15.0 Å². The van der Waals surface area contributed by atoms with Gasteiger partial charge in [0.05, 0.1) is 39.3 Å². The Labute approximate surface area is 364 Å². The van der Waals surface area contributed by atoms with E-state index in [1.165, 1.54) is 0 Å². The predicted molar refractivity (Wildman–Crippen MR) is 261 cm³/mol. The van der Waals surface area contributed by atoms with Gasteiger partial charge in [-0.15, -0.1) is 6.58 Å². The van der Waals surface area contributed by atoms with E-state index in [2.05, 4.69) is 151 Å². The van der Waals surface area contributed by atoms with Crippen LogP contribution in [-0.4, -0.2) is 46.2 Å². The minimum absolute atomic E-state index is 0. The fourth-order valence-electron chi connectivity index (χ4n) is 7.70. The van der Waals surface area contributed by atoms with E-state index < -0.39 is 0 Å². The summed E-state index contributed by atoms with van der Waals surface area (Å²) < 4.78 is 4.30. The van der Waals surface area contributed by atoms with Crippen LogP contribution in [0.15, 0.2) is 181 Å². The second-order valence-electron chi connectivity index (χ2n) is 14.8. The molecule has 0 saturated carbocycles. The predicted octanol–water partition coefficient (Wildman–Crippen LogP) is 11.3. The number of hydrogen-bond donors (Lipinski definition) is 2. The highest BCUT2D eigenvalue weighted by molar-refractivity contribution is 6.29. The lowest BCUT2D eigenvalue weighted by molar-refractivity contribution is 0.511. The van der Waals surface area contributed by atoms with E-state index in [-0.39, 0.29) is 2.85 Å².